The minimum atomic E-state index is -0.959. The Balaban J connectivity index is 1.45. The van der Waals surface area contributed by atoms with Gasteiger partial charge in [0.05, 0.1) is 6.10 Å². The van der Waals surface area contributed by atoms with Gasteiger partial charge >= 0.3 is 0 Å². The molecular formula is C18H25F2NO3. The second-order valence-corrected chi connectivity index (χ2v) is 7.35. The number of benzene rings is 1. The van der Waals surface area contributed by atoms with Crippen LogP contribution in [0.4, 0.5) is 8.78 Å². The Morgan fingerprint density at radius 1 is 1.38 bits per heavy atom. The highest BCUT2D eigenvalue weighted by Gasteiger charge is 2.57. The summed E-state index contributed by atoms with van der Waals surface area (Å²) < 4.78 is 37.2. The molecule has 1 aliphatic heterocycles. The van der Waals surface area contributed by atoms with Crippen LogP contribution in [0.1, 0.15) is 26.7 Å². The Labute approximate surface area is 141 Å². The molecule has 134 valence electrons. The lowest BCUT2D eigenvalue weighted by Gasteiger charge is -2.60. The molecule has 1 heterocycles. The number of fused-ring (bicyclic) bond motifs is 1. The molecule has 0 radical (unpaired) electrons. The van der Waals surface area contributed by atoms with Crippen LogP contribution in [0.5, 0.6) is 5.75 Å². The van der Waals surface area contributed by atoms with Gasteiger partial charge in [-0.25, -0.2) is 8.78 Å². The Morgan fingerprint density at radius 2 is 2.17 bits per heavy atom. The lowest BCUT2D eigenvalue weighted by molar-refractivity contribution is -0.193. The van der Waals surface area contributed by atoms with Gasteiger partial charge in [0.1, 0.15) is 18.5 Å². The summed E-state index contributed by atoms with van der Waals surface area (Å²) in [6.45, 7) is 5.61. The fourth-order valence-corrected chi connectivity index (χ4v) is 4.02. The number of nitrogens with one attached hydrogen (secondary N) is 1. The summed E-state index contributed by atoms with van der Waals surface area (Å²) in [5.74, 6) is -1.17. The molecule has 0 spiro atoms. The van der Waals surface area contributed by atoms with Crippen molar-refractivity contribution < 1.29 is 23.4 Å². The van der Waals surface area contributed by atoms with Crippen LogP contribution in [0.15, 0.2) is 18.2 Å². The van der Waals surface area contributed by atoms with Crippen molar-refractivity contribution in [3.05, 3.63) is 29.8 Å². The number of hydrogen-bond donors (Lipinski definition) is 2. The minimum absolute atomic E-state index is 0.0236. The van der Waals surface area contributed by atoms with Crippen LogP contribution in [0.25, 0.3) is 0 Å². The molecule has 3 rings (SSSR count). The summed E-state index contributed by atoms with van der Waals surface area (Å²) in [5.41, 5.74) is 0.0474. The van der Waals surface area contributed by atoms with Gasteiger partial charge in [-0.2, -0.15) is 0 Å². The fourth-order valence-electron chi connectivity index (χ4n) is 4.02. The highest BCUT2D eigenvalue weighted by Crippen LogP contribution is 2.51. The summed E-state index contributed by atoms with van der Waals surface area (Å²) in [6, 6.07) is 3.64. The molecule has 0 unspecified atom stereocenters. The maximum absolute atomic E-state index is 13.1. The van der Waals surface area contributed by atoms with Crippen molar-refractivity contribution in [3.8, 4) is 5.75 Å². The van der Waals surface area contributed by atoms with Crippen LogP contribution in [0.2, 0.25) is 0 Å². The van der Waals surface area contributed by atoms with Crippen LogP contribution < -0.4 is 10.1 Å². The molecule has 2 fully saturated rings. The van der Waals surface area contributed by atoms with E-state index in [1.807, 2.05) is 0 Å². The SMILES string of the molecule is CC1(C)[C@H](NC[C@H](O)COc2ccc(F)c(F)c2)[C@@H]2CCCO[C@H]21. The predicted molar refractivity (Wildman–Crippen MR) is 85.9 cm³/mol. The first-order valence-corrected chi connectivity index (χ1v) is 8.50. The van der Waals surface area contributed by atoms with Gasteiger partial charge in [-0.15, -0.1) is 0 Å². The zero-order chi connectivity index (χ0) is 17.3. The molecule has 1 aromatic rings. The number of halogens is 2. The maximum atomic E-state index is 13.1. The van der Waals surface area contributed by atoms with Crippen molar-refractivity contribution in [1.29, 1.82) is 0 Å². The van der Waals surface area contributed by atoms with E-state index in [9.17, 15) is 13.9 Å². The third kappa shape index (κ3) is 3.41. The Bertz CT molecular complexity index is 581. The zero-order valence-corrected chi connectivity index (χ0v) is 14.1. The smallest absolute Gasteiger partial charge is 0.162 e. The standard InChI is InChI=1S/C18H25F2NO3/c1-18(2)16(13-4-3-7-23-17(13)18)21-9-11(22)10-24-12-5-6-14(19)15(20)8-12/h5-6,8,11,13,16-17,21-22H,3-4,7,9-10H2,1-2H3/t11-,13-,16+,17+/m0/s1. The molecule has 24 heavy (non-hydrogen) atoms. The first-order valence-electron chi connectivity index (χ1n) is 8.50. The molecule has 6 heteroatoms. The van der Waals surface area contributed by atoms with Crippen molar-refractivity contribution in [2.75, 3.05) is 19.8 Å². The quantitative estimate of drug-likeness (QED) is 0.835. The topological polar surface area (TPSA) is 50.7 Å². The molecule has 1 aliphatic carbocycles. The number of rotatable bonds is 6. The normalized spacial score (nSPS) is 29.5. The van der Waals surface area contributed by atoms with Crippen LogP contribution in [-0.4, -0.2) is 43.1 Å². The first-order chi connectivity index (χ1) is 11.4. The summed E-state index contributed by atoms with van der Waals surface area (Å²) in [7, 11) is 0. The lowest BCUT2D eigenvalue weighted by atomic mass is 9.55. The van der Waals surface area contributed by atoms with E-state index in [1.165, 1.54) is 6.07 Å². The first kappa shape index (κ1) is 17.6. The van der Waals surface area contributed by atoms with E-state index in [-0.39, 0.29) is 17.8 Å². The number of aliphatic hydroxyl groups excluding tert-OH is 1. The second kappa shape index (κ2) is 6.94. The van der Waals surface area contributed by atoms with E-state index in [0.29, 0.717) is 24.6 Å². The average molecular weight is 341 g/mol. The van der Waals surface area contributed by atoms with Gasteiger partial charge < -0.3 is 19.9 Å². The van der Waals surface area contributed by atoms with E-state index < -0.39 is 17.7 Å². The van der Waals surface area contributed by atoms with Crippen molar-refractivity contribution >= 4 is 0 Å². The minimum Gasteiger partial charge on any atom is -0.491 e. The van der Waals surface area contributed by atoms with Gasteiger partial charge in [0.2, 0.25) is 0 Å². The summed E-state index contributed by atoms with van der Waals surface area (Å²) in [4.78, 5) is 0. The van der Waals surface area contributed by atoms with Crippen molar-refractivity contribution in [1.82, 2.24) is 5.32 Å². The van der Waals surface area contributed by atoms with Crippen molar-refractivity contribution in [2.24, 2.45) is 11.3 Å². The largest absolute Gasteiger partial charge is 0.491 e. The van der Waals surface area contributed by atoms with Crippen LogP contribution in [0, 0.1) is 23.0 Å². The molecule has 1 aromatic carbocycles. The van der Waals surface area contributed by atoms with Crippen LogP contribution in [-0.2, 0) is 4.74 Å². The fraction of sp³-hybridized carbons (Fsp3) is 0.667. The third-order valence-electron chi connectivity index (χ3n) is 5.24. The van der Waals surface area contributed by atoms with E-state index in [0.717, 1.165) is 31.6 Å². The predicted octanol–water partition coefficient (Wildman–Crippen LogP) is 2.50. The number of aliphatic hydroxyl groups is 1. The van der Waals surface area contributed by atoms with Gasteiger partial charge in [0.25, 0.3) is 0 Å². The molecule has 4 atom stereocenters. The summed E-state index contributed by atoms with van der Waals surface area (Å²) in [6.07, 6.45) is 1.79. The molecular weight excluding hydrogens is 316 g/mol. The molecule has 2 N–H and O–H groups in total. The molecule has 1 saturated heterocycles. The molecule has 0 amide bonds. The summed E-state index contributed by atoms with van der Waals surface area (Å²) in [5, 5.41) is 13.5. The third-order valence-corrected chi connectivity index (χ3v) is 5.24. The van der Waals surface area contributed by atoms with Gasteiger partial charge in [-0.3, -0.25) is 0 Å². The van der Waals surface area contributed by atoms with Gasteiger partial charge in [0.15, 0.2) is 11.6 Å². The van der Waals surface area contributed by atoms with Gasteiger partial charge in [0, 0.05) is 36.6 Å². The summed E-state index contributed by atoms with van der Waals surface area (Å²) >= 11 is 0. The van der Waals surface area contributed by atoms with Crippen LogP contribution >= 0.6 is 0 Å². The highest BCUT2D eigenvalue weighted by molar-refractivity contribution is 5.23. The van der Waals surface area contributed by atoms with Gasteiger partial charge in [-0.05, 0) is 25.0 Å². The number of ether oxygens (including phenoxy) is 2. The molecule has 0 bridgehead atoms. The van der Waals surface area contributed by atoms with Crippen LogP contribution in [0.3, 0.4) is 0 Å². The lowest BCUT2D eigenvalue weighted by Crippen LogP contribution is -2.69. The zero-order valence-electron chi connectivity index (χ0n) is 14.1. The molecule has 0 aromatic heterocycles. The molecule has 1 saturated carbocycles. The monoisotopic (exact) mass is 341 g/mol. The van der Waals surface area contributed by atoms with E-state index >= 15 is 0 Å². The maximum Gasteiger partial charge on any atom is 0.162 e. The average Bonchev–Trinajstić information content (AvgIpc) is 2.56. The molecule has 2 aliphatic rings. The van der Waals surface area contributed by atoms with Crippen molar-refractivity contribution in [3.63, 3.8) is 0 Å². The number of hydrogen-bond acceptors (Lipinski definition) is 4. The van der Waals surface area contributed by atoms with Gasteiger partial charge in [-0.1, -0.05) is 13.8 Å². The van der Waals surface area contributed by atoms with E-state index in [4.69, 9.17) is 9.47 Å². The molecule has 4 nitrogen and oxygen atoms in total. The Hall–Kier alpha value is -1.24. The second-order valence-electron chi connectivity index (χ2n) is 7.35. The highest BCUT2D eigenvalue weighted by atomic mass is 19.2. The van der Waals surface area contributed by atoms with E-state index in [2.05, 4.69) is 19.2 Å². The Kier molecular flexibility index (Phi) is 5.08. The Morgan fingerprint density at radius 3 is 2.92 bits per heavy atom. The van der Waals surface area contributed by atoms with Crippen molar-refractivity contribution in [2.45, 2.75) is 44.9 Å². The van der Waals surface area contributed by atoms with E-state index in [1.54, 1.807) is 0 Å².